The maximum atomic E-state index is 12.1. The molecular formula is C20H19N3O5. The van der Waals surface area contributed by atoms with E-state index in [-0.39, 0.29) is 12.7 Å². The normalized spacial score (nSPS) is 12.0. The van der Waals surface area contributed by atoms with Crippen LogP contribution in [-0.4, -0.2) is 30.0 Å². The van der Waals surface area contributed by atoms with Crippen LogP contribution in [0.5, 0.6) is 17.2 Å². The first-order chi connectivity index (χ1) is 13.7. The Morgan fingerprint density at radius 3 is 2.79 bits per heavy atom. The zero-order valence-electron chi connectivity index (χ0n) is 15.3. The molecule has 0 bridgehead atoms. The van der Waals surface area contributed by atoms with Crippen LogP contribution in [0.25, 0.3) is 11.4 Å². The number of nitrogens with one attached hydrogen (secondary N) is 1. The smallest absolute Gasteiger partial charge is 0.231 e. The second-order valence-electron chi connectivity index (χ2n) is 6.21. The molecule has 0 spiro atoms. The van der Waals surface area contributed by atoms with Gasteiger partial charge in [-0.15, -0.1) is 0 Å². The number of amides is 1. The van der Waals surface area contributed by atoms with E-state index < -0.39 is 0 Å². The van der Waals surface area contributed by atoms with Crippen molar-refractivity contribution in [1.82, 2.24) is 10.1 Å². The Labute approximate surface area is 161 Å². The van der Waals surface area contributed by atoms with Gasteiger partial charge in [-0.25, -0.2) is 0 Å². The monoisotopic (exact) mass is 381 g/mol. The van der Waals surface area contributed by atoms with Crippen molar-refractivity contribution in [1.29, 1.82) is 0 Å². The Morgan fingerprint density at radius 1 is 1.14 bits per heavy atom. The molecule has 2 heterocycles. The van der Waals surface area contributed by atoms with Gasteiger partial charge in [0, 0.05) is 30.2 Å². The summed E-state index contributed by atoms with van der Waals surface area (Å²) in [4.78, 5) is 16.5. The van der Waals surface area contributed by atoms with Gasteiger partial charge < -0.3 is 24.1 Å². The number of carbonyl (C=O) groups excluding carboxylic acids is 1. The molecule has 0 saturated heterocycles. The number of fused-ring (bicyclic) bond motifs is 1. The average molecular weight is 381 g/mol. The lowest BCUT2D eigenvalue weighted by Crippen LogP contribution is -2.11. The lowest BCUT2D eigenvalue weighted by molar-refractivity contribution is -0.116. The average Bonchev–Trinajstić information content (AvgIpc) is 3.37. The van der Waals surface area contributed by atoms with Gasteiger partial charge >= 0.3 is 0 Å². The lowest BCUT2D eigenvalue weighted by Gasteiger charge is -2.05. The molecule has 8 nitrogen and oxygen atoms in total. The second kappa shape index (κ2) is 7.99. The molecule has 2 aromatic carbocycles. The third-order valence-electron chi connectivity index (χ3n) is 4.27. The fourth-order valence-corrected chi connectivity index (χ4v) is 2.81. The molecule has 0 aliphatic carbocycles. The quantitative estimate of drug-likeness (QED) is 0.670. The Morgan fingerprint density at radius 2 is 1.96 bits per heavy atom. The lowest BCUT2D eigenvalue weighted by atomic mass is 10.2. The van der Waals surface area contributed by atoms with E-state index in [9.17, 15) is 4.79 Å². The number of carbonyl (C=O) groups is 1. The summed E-state index contributed by atoms with van der Waals surface area (Å²) in [6.45, 7) is 0.204. The van der Waals surface area contributed by atoms with Crippen LogP contribution in [0.3, 0.4) is 0 Å². The third-order valence-corrected chi connectivity index (χ3v) is 4.27. The first kappa shape index (κ1) is 17.8. The van der Waals surface area contributed by atoms with Gasteiger partial charge in [-0.3, -0.25) is 4.79 Å². The summed E-state index contributed by atoms with van der Waals surface area (Å²) in [5.74, 6) is 3.01. The van der Waals surface area contributed by atoms with E-state index in [4.69, 9.17) is 18.7 Å². The molecular weight excluding hydrogens is 362 g/mol. The van der Waals surface area contributed by atoms with Gasteiger partial charge in [0.15, 0.2) is 11.5 Å². The van der Waals surface area contributed by atoms with Gasteiger partial charge in [-0.1, -0.05) is 5.16 Å². The predicted octanol–water partition coefficient (Wildman–Crippen LogP) is 3.44. The van der Waals surface area contributed by atoms with Crippen LogP contribution < -0.4 is 19.5 Å². The molecule has 1 N–H and O–H groups in total. The molecule has 144 valence electrons. The second-order valence-corrected chi connectivity index (χ2v) is 6.21. The third kappa shape index (κ3) is 4.06. The van der Waals surface area contributed by atoms with Gasteiger partial charge in [0.05, 0.1) is 7.11 Å². The fourth-order valence-electron chi connectivity index (χ4n) is 2.81. The number of aromatic nitrogens is 2. The first-order valence-electron chi connectivity index (χ1n) is 8.88. The van der Waals surface area contributed by atoms with Gasteiger partial charge in [-0.2, -0.15) is 4.98 Å². The summed E-state index contributed by atoms with van der Waals surface area (Å²) in [6.07, 6.45) is 1.47. The Kier molecular flexibility index (Phi) is 5.09. The summed E-state index contributed by atoms with van der Waals surface area (Å²) in [5.41, 5.74) is 1.52. The number of aryl methyl sites for hydroxylation is 1. The molecule has 0 unspecified atom stereocenters. The van der Waals surface area contributed by atoms with Crippen molar-refractivity contribution in [2.45, 2.75) is 19.3 Å². The van der Waals surface area contributed by atoms with Crippen LogP contribution in [0, 0.1) is 0 Å². The van der Waals surface area contributed by atoms with Crippen molar-refractivity contribution in [2.24, 2.45) is 0 Å². The van der Waals surface area contributed by atoms with Crippen molar-refractivity contribution in [3.05, 3.63) is 48.4 Å². The van der Waals surface area contributed by atoms with Gasteiger partial charge in [-0.05, 0) is 42.8 Å². The molecule has 3 aromatic rings. The first-order valence-corrected chi connectivity index (χ1v) is 8.88. The van der Waals surface area contributed by atoms with Crippen molar-refractivity contribution in [3.8, 4) is 28.6 Å². The summed E-state index contributed by atoms with van der Waals surface area (Å²) in [6, 6.07) is 12.7. The number of anilines is 1. The van der Waals surface area contributed by atoms with Crippen molar-refractivity contribution in [3.63, 3.8) is 0 Å². The van der Waals surface area contributed by atoms with Crippen LogP contribution in [0.15, 0.2) is 47.0 Å². The van der Waals surface area contributed by atoms with Gasteiger partial charge in [0.25, 0.3) is 0 Å². The molecule has 1 aliphatic rings. The number of hydrogen-bond donors (Lipinski definition) is 1. The standard InChI is InChI=1S/C20H19N3O5/c1-25-15-8-5-13(6-9-15)20-22-19(28-23-20)4-2-3-18(24)21-14-7-10-16-17(11-14)27-12-26-16/h5-11H,2-4,12H2,1H3,(H,21,24). The minimum Gasteiger partial charge on any atom is -0.497 e. The number of ether oxygens (including phenoxy) is 3. The largest absolute Gasteiger partial charge is 0.497 e. The summed E-state index contributed by atoms with van der Waals surface area (Å²) < 4.78 is 21.0. The molecule has 0 atom stereocenters. The highest BCUT2D eigenvalue weighted by molar-refractivity contribution is 5.91. The molecule has 0 radical (unpaired) electrons. The summed E-state index contributed by atoms with van der Waals surface area (Å²) in [7, 11) is 1.62. The van der Waals surface area contributed by atoms with E-state index in [0.717, 1.165) is 11.3 Å². The maximum Gasteiger partial charge on any atom is 0.231 e. The van der Waals surface area contributed by atoms with E-state index in [1.165, 1.54) is 0 Å². The zero-order valence-corrected chi connectivity index (χ0v) is 15.3. The van der Waals surface area contributed by atoms with Crippen molar-refractivity contribution >= 4 is 11.6 Å². The van der Waals surface area contributed by atoms with Crippen molar-refractivity contribution in [2.75, 3.05) is 19.2 Å². The number of rotatable bonds is 7. The van der Waals surface area contributed by atoms with E-state index in [0.29, 0.717) is 48.2 Å². The fraction of sp³-hybridized carbons (Fsp3) is 0.250. The number of methoxy groups -OCH3 is 1. The Balaban J connectivity index is 1.27. The van der Waals surface area contributed by atoms with Gasteiger partial charge in [0.1, 0.15) is 5.75 Å². The van der Waals surface area contributed by atoms with Crippen LogP contribution in [0.4, 0.5) is 5.69 Å². The summed E-state index contributed by atoms with van der Waals surface area (Å²) in [5, 5.41) is 6.83. The topological polar surface area (TPSA) is 95.7 Å². The predicted molar refractivity (Wildman–Crippen MR) is 100 cm³/mol. The molecule has 28 heavy (non-hydrogen) atoms. The van der Waals surface area contributed by atoms with Crippen LogP contribution in [0.2, 0.25) is 0 Å². The molecule has 4 rings (SSSR count). The van der Waals surface area contributed by atoms with E-state index in [1.54, 1.807) is 25.3 Å². The number of nitrogens with zero attached hydrogens (tertiary/aromatic N) is 2. The Bertz CT molecular complexity index is 968. The van der Waals surface area contributed by atoms with E-state index >= 15 is 0 Å². The molecule has 1 amide bonds. The van der Waals surface area contributed by atoms with Gasteiger partial charge in [0.2, 0.25) is 24.4 Å². The molecule has 0 fully saturated rings. The minimum absolute atomic E-state index is 0.0891. The van der Waals surface area contributed by atoms with Crippen LogP contribution in [0.1, 0.15) is 18.7 Å². The highest BCUT2D eigenvalue weighted by atomic mass is 16.7. The van der Waals surface area contributed by atoms with Crippen LogP contribution >= 0.6 is 0 Å². The molecule has 8 heteroatoms. The molecule has 1 aliphatic heterocycles. The number of benzene rings is 2. The minimum atomic E-state index is -0.0891. The van der Waals surface area contributed by atoms with Crippen molar-refractivity contribution < 1.29 is 23.5 Å². The van der Waals surface area contributed by atoms with E-state index in [1.807, 2.05) is 24.3 Å². The highest BCUT2D eigenvalue weighted by Gasteiger charge is 2.14. The van der Waals surface area contributed by atoms with E-state index in [2.05, 4.69) is 15.5 Å². The SMILES string of the molecule is COc1ccc(-c2noc(CCCC(=O)Nc3ccc4c(c3)OCO4)n2)cc1. The molecule has 1 aromatic heterocycles. The van der Waals surface area contributed by atoms with Crippen LogP contribution in [-0.2, 0) is 11.2 Å². The Hall–Kier alpha value is -3.55. The molecule has 0 saturated carbocycles. The zero-order chi connectivity index (χ0) is 19.3. The highest BCUT2D eigenvalue weighted by Crippen LogP contribution is 2.34. The summed E-state index contributed by atoms with van der Waals surface area (Å²) >= 11 is 0. The maximum absolute atomic E-state index is 12.1. The number of hydrogen-bond acceptors (Lipinski definition) is 7.